The van der Waals surface area contributed by atoms with Gasteiger partial charge in [-0.15, -0.1) is 12.4 Å². The van der Waals surface area contributed by atoms with Crippen molar-refractivity contribution in [2.75, 3.05) is 26.3 Å². The first kappa shape index (κ1) is 15.7. The van der Waals surface area contributed by atoms with Crippen LogP contribution < -0.4 is 5.32 Å². The van der Waals surface area contributed by atoms with Crippen molar-refractivity contribution >= 4 is 23.6 Å². The summed E-state index contributed by atoms with van der Waals surface area (Å²) in [6.07, 6.45) is 6.42. The minimum Gasteiger partial charge on any atom is -0.381 e. The lowest BCUT2D eigenvalue weighted by Gasteiger charge is -2.23. The maximum absolute atomic E-state index is 5.45. The summed E-state index contributed by atoms with van der Waals surface area (Å²) in [4.78, 5) is 12.9. The minimum atomic E-state index is 0. The fraction of sp³-hybridized carbons (Fsp3) is 0.625. The van der Waals surface area contributed by atoms with Gasteiger partial charge in [-0.2, -0.15) is 0 Å². The Bertz CT molecular complexity index is 618. The SMILES string of the molecule is Cl.c1cc(C2CCNCC2)c2nc(C3CCOCC3)[nH]c2n1. The van der Waals surface area contributed by atoms with E-state index in [1.807, 2.05) is 6.20 Å². The van der Waals surface area contributed by atoms with Gasteiger partial charge in [-0.25, -0.2) is 9.97 Å². The van der Waals surface area contributed by atoms with Gasteiger partial charge in [-0.3, -0.25) is 0 Å². The fourth-order valence-corrected chi connectivity index (χ4v) is 3.57. The van der Waals surface area contributed by atoms with Crippen LogP contribution in [0, 0.1) is 0 Å². The molecule has 2 saturated heterocycles. The van der Waals surface area contributed by atoms with Crippen LogP contribution in [0.5, 0.6) is 0 Å². The first-order chi connectivity index (χ1) is 10.4. The molecule has 2 aliphatic rings. The first-order valence-electron chi connectivity index (χ1n) is 8.05. The summed E-state index contributed by atoms with van der Waals surface area (Å²) in [7, 11) is 0. The molecule has 4 rings (SSSR count). The molecular formula is C16H23ClN4O. The number of hydrogen-bond donors (Lipinski definition) is 2. The summed E-state index contributed by atoms with van der Waals surface area (Å²) in [6, 6.07) is 2.16. The fourth-order valence-electron chi connectivity index (χ4n) is 3.57. The van der Waals surface area contributed by atoms with Crippen molar-refractivity contribution in [3.05, 3.63) is 23.7 Å². The lowest BCUT2D eigenvalue weighted by atomic mass is 9.90. The Labute approximate surface area is 136 Å². The zero-order valence-corrected chi connectivity index (χ0v) is 13.5. The molecule has 0 aromatic carbocycles. The summed E-state index contributed by atoms with van der Waals surface area (Å²) >= 11 is 0. The Hall–Kier alpha value is -1.17. The Morgan fingerprint density at radius 2 is 1.82 bits per heavy atom. The van der Waals surface area contributed by atoms with Crippen LogP contribution in [0.15, 0.2) is 12.3 Å². The molecule has 4 heterocycles. The lowest BCUT2D eigenvalue weighted by molar-refractivity contribution is 0.0838. The largest absolute Gasteiger partial charge is 0.381 e. The first-order valence-corrected chi connectivity index (χ1v) is 8.05. The van der Waals surface area contributed by atoms with Crippen molar-refractivity contribution < 1.29 is 4.74 Å². The topological polar surface area (TPSA) is 62.8 Å². The average Bonchev–Trinajstić information content (AvgIpc) is 3.00. The van der Waals surface area contributed by atoms with Gasteiger partial charge in [0.25, 0.3) is 0 Å². The Balaban J connectivity index is 0.00000144. The van der Waals surface area contributed by atoms with Gasteiger partial charge in [0.05, 0.1) is 0 Å². The van der Waals surface area contributed by atoms with Gasteiger partial charge in [0, 0.05) is 25.3 Å². The van der Waals surface area contributed by atoms with Crippen LogP contribution in [0.25, 0.3) is 11.2 Å². The van der Waals surface area contributed by atoms with Crippen LogP contribution in [0.3, 0.4) is 0 Å². The van der Waals surface area contributed by atoms with Gasteiger partial charge in [0.2, 0.25) is 0 Å². The van der Waals surface area contributed by atoms with Crippen LogP contribution in [0.2, 0.25) is 0 Å². The Morgan fingerprint density at radius 3 is 2.59 bits per heavy atom. The molecule has 5 nitrogen and oxygen atoms in total. The maximum Gasteiger partial charge on any atom is 0.157 e. The van der Waals surface area contributed by atoms with Crippen LogP contribution in [-0.4, -0.2) is 41.3 Å². The highest BCUT2D eigenvalue weighted by atomic mass is 35.5. The van der Waals surface area contributed by atoms with Gasteiger partial charge in [-0.1, -0.05) is 0 Å². The third kappa shape index (κ3) is 2.98. The molecule has 0 amide bonds. The lowest BCUT2D eigenvalue weighted by Crippen LogP contribution is -2.26. The van der Waals surface area contributed by atoms with E-state index in [2.05, 4.69) is 21.4 Å². The Morgan fingerprint density at radius 1 is 1.05 bits per heavy atom. The summed E-state index contributed by atoms with van der Waals surface area (Å²) in [5.74, 6) is 2.21. The molecule has 2 aromatic rings. The number of aromatic amines is 1. The van der Waals surface area contributed by atoms with E-state index < -0.39 is 0 Å². The van der Waals surface area contributed by atoms with E-state index in [1.54, 1.807) is 0 Å². The van der Waals surface area contributed by atoms with Gasteiger partial charge in [0.1, 0.15) is 11.3 Å². The monoisotopic (exact) mass is 322 g/mol. The molecule has 2 fully saturated rings. The molecule has 0 radical (unpaired) electrons. The van der Waals surface area contributed by atoms with Crippen molar-refractivity contribution in [1.29, 1.82) is 0 Å². The number of pyridine rings is 1. The number of ether oxygens (including phenoxy) is 1. The second-order valence-electron chi connectivity index (χ2n) is 6.13. The predicted molar refractivity (Wildman–Crippen MR) is 88.8 cm³/mol. The molecule has 0 aliphatic carbocycles. The number of rotatable bonds is 2. The maximum atomic E-state index is 5.45. The van der Waals surface area contributed by atoms with Crippen LogP contribution in [-0.2, 0) is 4.74 Å². The second kappa shape index (κ2) is 6.94. The van der Waals surface area contributed by atoms with Crippen molar-refractivity contribution in [2.24, 2.45) is 0 Å². The van der Waals surface area contributed by atoms with E-state index in [9.17, 15) is 0 Å². The normalized spacial score (nSPS) is 20.9. The highest BCUT2D eigenvalue weighted by Gasteiger charge is 2.23. The average molecular weight is 323 g/mol. The minimum absolute atomic E-state index is 0. The second-order valence-corrected chi connectivity index (χ2v) is 6.13. The van der Waals surface area contributed by atoms with E-state index >= 15 is 0 Å². The summed E-state index contributed by atoms with van der Waals surface area (Å²) in [5, 5.41) is 3.43. The molecule has 6 heteroatoms. The predicted octanol–water partition coefficient (Wildman–Crippen LogP) is 2.74. The number of aromatic nitrogens is 3. The Kier molecular flexibility index (Phi) is 4.96. The summed E-state index contributed by atoms with van der Waals surface area (Å²) < 4.78 is 5.45. The number of imidazole rings is 1. The number of nitrogens with one attached hydrogen (secondary N) is 2. The van der Waals surface area contributed by atoms with Crippen LogP contribution >= 0.6 is 12.4 Å². The van der Waals surface area contributed by atoms with Crippen molar-refractivity contribution in [2.45, 2.75) is 37.5 Å². The molecule has 120 valence electrons. The standard InChI is InChI=1S/C16H22N4O.ClH/c1-6-17-7-2-11(1)13-3-8-18-16-14(13)19-15(20-16)12-4-9-21-10-5-12;/h3,8,11-12,17H,1-2,4-7,9-10H2,(H,18,19,20);1H. The van der Waals surface area contributed by atoms with E-state index in [0.717, 1.165) is 56.1 Å². The summed E-state index contributed by atoms with van der Waals surface area (Å²) in [6.45, 7) is 3.89. The zero-order valence-electron chi connectivity index (χ0n) is 12.7. The molecular weight excluding hydrogens is 300 g/mol. The highest BCUT2D eigenvalue weighted by Crippen LogP contribution is 2.32. The molecule has 2 N–H and O–H groups in total. The zero-order chi connectivity index (χ0) is 14.1. The third-order valence-corrected chi connectivity index (χ3v) is 4.82. The van der Waals surface area contributed by atoms with Gasteiger partial charge in [-0.05, 0) is 56.3 Å². The van der Waals surface area contributed by atoms with E-state index in [-0.39, 0.29) is 12.4 Å². The molecule has 2 aromatic heterocycles. The van der Waals surface area contributed by atoms with Crippen LogP contribution in [0.4, 0.5) is 0 Å². The van der Waals surface area contributed by atoms with E-state index in [1.165, 1.54) is 18.4 Å². The van der Waals surface area contributed by atoms with E-state index in [4.69, 9.17) is 9.72 Å². The number of fused-ring (bicyclic) bond motifs is 1. The molecule has 0 atom stereocenters. The highest BCUT2D eigenvalue weighted by molar-refractivity contribution is 5.85. The molecule has 22 heavy (non-hydrogen) atoms. The van der Waals surface area contributed by atoms with Crippen LogP contribution in [0.1, 0.15) is 48.9 Å². The number of piperidine rings is 1. The van der Waals surface area contributed by atoms with Gasteiger partial charge < -0.3 is 15.0 Å². The number of nitrogens with zero attached hydrogens (tertiary/aromatic N) is 2. The third-order valence-electron chi connectivity index (χ3n) is 4.82. The van der Waals surface area contributed by atoms with Gasteiger partial charge >= 0.3 is 0 Å². The van der Waals surface area contributed by atoms with Gasteiger partial charge in [0.15, 0.2) is 5.65 Å². The number of hydrogen-bond acceptors (Lipinski definition) is 4. The van der Waals surface area contributed by atoms with Crippen molar-refractivity contribution in [1.82, 2.24) is 20.3 Å². The van der Waals surface area contributed by atoms with Crippen molar-refractivity contribution in [3.63, 3.8) is 0 Å². The molecule has 0 saturated carbocycles. The number of halogens is 1. The molecule has 0 spiro atoms. The number of H-pyrrole nitrogens is 1. The molecule has 0 unspecified atom stereocenters. The summed E-state index contributed by atoms with van der Waals surface area (Å²) in [5.41, 5.74) is 3.41. The van der Waals surface area contributed by atoms with Crippen molar-refractivity contribution in [3.8, 4) is 0 Å². The quantitative estimate of drug-likeness (QED) is 0.892. The molecule has 2 aliphatic heterocycles. The molecule has 0 bridgehead atoms. The smallest absolute Gasteiger partial charge is 0.157 e. The van der Waals surface area contributed by atoms with E-state index in [0.29, 0.717) is 11.8 Å².